The van der Waals surface area contributed by atoms with Crippen LogP contribution in [-0.4, -0.2) is 27.2 Å². The third-order valence-corrected chi connectivity index (χ3v) is 4.30. The van der Waals surface area contributed by atoms with Crippen molar-refractivity contribution < 1.29 is 19.6 Å². The van der Waals surface area contributed by atoms with Gasteiger partial charge in [-0.3, -0.25) is 10.1 Å². The van der Waals surface area contributed by atoms with Crippen molar-refractivity contribution in [2.45, 2.75) is 20.8 Å². The Kier molecular flexibility index (Phi) is 4.38. The summed E-state index contributed by atoms with van der Waals surface area (Å²) in [5.41, 5.74) is 2.41. The molecule has 7 heteroatoms. The average molecular weight is 354 g/mol. The number of hydrogen-bond donors (Lipinski definition) is 1. The number of nitro benzene ring substituents is 1. The van der Waals surface area contributed by atoms with E-state index in [0.29, 0.717) is 27.8 Å². The molecule has 0 aliphatic rings. The number of hydrogen-bond acceptors (Lipinski definition) is 5. The Labute approximate surface area is 149 Å². The number of phenolic OH excluding ortho intramolecular Hbond substituents is 1. The summed E-state index contributed by atoms with van der Waals surface area (Å²) in [4.78, 5) is 23.6. The fourth-order valence-corrected chi connectivity index (χ4v) is 3.24. The van der Waals surface area contributed by atoms with Gasteiger partial charge in [-0.1, -0.05) is 12.1 Å². The van der Waals surface area contributed by atoms with Gasteiger partial charge in [-0.25, -0.2) is 4.79 Å². The number of carbonyl (C=O) groups excluding carboxylic acids is 1. The molecule has 0 aliphatic carbocycles. The van der Waals surface area contributed by atoms with Gasteiger partial charge < -0.3 is 14.4 Å². The molecule has 0 fully saturated rings. The third-order valence-electron chi connectivity index (χ3n) is 4.30. The molecule has 2 aromatic carbocycles. The summed E-state index contributed by atoms with van der Waals surface area (Å²) in [5.74, 6) is -0.532. The van der Waals surface area contributed by atoms with E-state index in [9.17, 15) is 20.0 Å². The van der Waals surface area contributed by atoms with Crippen molar-refractivity contribution in [2.75, 3.05) is 6.61 Å². The second kappa shape index (κ2) is 6.51. The Bertz CT molecular complexity index is 1040. The molecule has 7 nitrogen and oxygen atoms in total. The molecule has 0 bridgehead atoms. The minimum absolute atomic E-state index is 0.000480. The fourth-order valence-electron chi connectivity index (χ4n) is 3.24. The van der Waals surface area contributed by atoms with Gasteiger partial charge in [0, 0.05) is 17.1 Å². The van der Waals surface area contributed by atoms with Gasteiger partial charge in [0.1, 0.15) is 11.4 Å². The molecule has 0 aliphatic heterocycles. The number of esters is 1. The second-order valence-electron chi connectivity index (χ2n) is 5.92. The number of nitrogens with zero attached hydrogens (tertiary/aromatic N) is 2. The number of carbonyl (C=O) groups is 1. The summed E-state index contributed by atoms with van der Waals surface area (Å²) in [5, 5.41) is 21.9. The summed E-state index contributed by atoms with van der Waals surface area (Å²) in [6.45, 7) is 5.39. The van der Waals surface area contributed by atoms with Gasteiger partial charge >= 0.3 is 5.97 Å². The normalized spacial score (nSPS) is 10.9. The predicted molar refractivity (Wildman–Crippen MR) is 97.0 cm³/mol. The van der Waals surface area contributed by atoms with Gasteiger partial charge in [0.15, 0.2) is 0 Å². The maximum atomic E-state index is 12.5. The molecule has 0 saturated carbocycles. The molecule has 0 unspecified atom stereocenters. The molecule has 0 atom stereocenters. The van der Waals surface area contributed by atoms with E-state index in [-0.39, 0.29) is 23.6 Å². The Morgan fingerprint density at radius 3 is 2.65 bits per heavy atom. The standard InChI is InChI=1S/C19H18N2O5/c1-4-26-19(23)17-12(3)20(15-9-8-13(22)10-14(15)17)18-11(2)6-5-7-16(18)21(24)25/h5-10,22H,4H2,1-3H3. The van der Waals surface area contributed by atoms with Crippen LogP contribution < -0.4 is 0 Å². The van der Waals surface area contributed by atoms with E-state index in [1.165, 1.54) is 18.2 Å². The monoisotopic (exact) mass is 354 g/mol. The highest BCUT2D eigenvalue weighted by atomic mass is 16.6. The molecule has 3 aromatic rings. The molecular weight excluding hydrogens is 336 g/mol. The van der Waals surface area contributed by atoms with Crippen LogP contribution >= 0.6 is 0 Å². The van der Waals surface area contributed by atoms with Crippen LogP contribution in [-0.2, 0) is 4.74 Å². The van der Waals surface area contributed by atoms with Gasteiger partial charge in [0.2, 0.25) is 0 Å². The lowest BCUT2D eigenvalue weighted by Gasteiger charge is -2.12. The zero-order valence-corrected chi connectivity index (χ0v) is 14.6. The van der Waals surface area contributed by atoms with Crippen LogP contribution in [0.15, 0.2) is 36.4 Å². The third kappa shape index (κ3) is 2.67. The maximum absolute atomic E-state index is 12.5. The van der Waals surface area contributed by atoms with Crippen LogP contribution in [0, 0.1) is 24.0 Å². The number of aryl methyl sites for hydroxylation is 1. The highest BCUT2D eigenvalue weighted by molar-refractivity contribution is 6.07. The van der Waals surface area contributed by atoms with Crippen molar-refractivity contribution in [3.63, 3.8) is 0 Å². The van der Waals surface area contributed by atoms with Gasteiger partial charge in [-0.05, 0) is 44.5 Å². The van der Waals surface area contributed by atoms with E-state index >= 15 is 0 Å². The van der Waals surface area contributed by atoms with Crippen LogP contribution in [0.4, 0.5) is 5.69 Å². The van der Waals surface area contributed by atoms with Crippen molar-refractivity contribution in [3.05, 3.63) is 63.3 Å². The van der Waals surface area contributed by atoms with Gasteiger partial charge in [-0.2, -0.15) is 0 Å². The van der Waals surface area contributed by atoms with Crippen molar-refractivity contribution in [2.24, 2.45) is 0 Å². The first-order valence-electron chi connectivity index (χ1n) is 8.12. The van der Waals surface area contributed by atoms with E-state index < -0.39 is 10.9 Å². The van der Waals surface area contributed by atoms with E-state index in [1.807, 2.05) is 0 Å². The summed E-state index contributed by atoms with van der Waals surface area (Å²) in [6.07, 6.45) is 0. The molecule has 0 spiro atoms. The fraction of sp³-hybridized carbons (Fsp3) is 0.211. The number of aromatic hydroxyl groups is 1. The van der Waals surface area contributed by atoms with E-state index in [4.69, 9.17) is 4.74 Å². The predicted octanol–water partition coefficient (Wildman–Crippen LogP) is 4.04. The largest absolute Gasteiger partial charge is 0.508 e. The van der Waals surface area contributed by atoms with Crippen LogP contribution in [0.1, 0.15) is 28.5 Å². The SMILES string of the molecule is CCOC(=O)c1c(C)n(-c2c(C)cccc2[N+](=O)[O-])c2ccc(O)cc12. The lowest BCUT2D eigenvalue weighted by molar-refractivity contribution is -0.384. The Hall–Kier alpha value is -3.35. The summed E-state index contributed by atoms with van der Waals surface area (Å²) in [7, 11) is 0. The average Bonchev–Trinajstić information content (AvgIpc) is 2.86. The zero-order valence-electron chi connectivity index (χ0n) is 14.6. The molecule has 0 saturated heterocycles. The number of fused-ring (bicyclic) bond motifs is 1. The summed E-state index contributed by atoms with van der Waals surface area (Å²) >= 11 is 0. The molecule has 0 radical (unpaired) electrons. The molecular formula is C19H18N2O5. The first-order valence-corrected chi connectivity index (χ1v) is 8.12. The minimum Gasteiger partial charge on any atom is -0.508 e. The topological polar surface area (TPSA) is 94.6 Å². The number of rotatable bonds is 4. The maximum Gasteiger partial charge on any atom is 0.340 e. The Balaban J connectivity index is 2.45. The molecule has 3 rings (SSSR count). The molecule has 1 N–H and O–H groups in total. The van der Waals surface area contributed by atoms with Gasteiger partial charge in [0.25, 0.3) is 5.69 Å². The highest BCUT2D eigenvalue weighted by Crippen LogP contribution is 2.36. The van der Waals surface area contributed by atoms with Crippen molar-refractivity contribution in [1.29, 1.82) is 0 Å². The Morgan fingerprint density at radius 2 is 2.00 bits per heavy atom. The highest BCUT2D eigenvalue weighted by Gasteiger charge is 2.26. The lowest BCUT2D eigenvalue weighted by atomic mass is 10.1. The number of nitro groups is 1. The minimum atomic E-state index is -0.532. The quantitative estimate of drug-likeness (QED) is 0.433. The van der Waals surface area contributed by atoms with E-state index in [2.05, 4.69) is 0 Å². The summed E-state index contributed by atoms with van der Waals surface area (Å²) < 4.78 is 6.82. The van der Waals surface area contributed by atoms with Crippen LogP contribution in [0.2, 0.25) is 0 Å². The van der Waals surface area contributed by atoms with Crippen LogP contribution in [0.25, 0.3) is 16.6 Å². The molecule has 26 heavy (non-hydrogen) atoms. The Morgan fingerprint density at radius 1 is 1.27 bits per heavy atom. The molecule has 1 heterocycles. The van der Waals surface area contributed by atoms with Gasteiger partial charge in [0.05, 0.1) is 22.6 Å². The second-order valence-corrected chi connectivity index (χ2v) is 5.92. The smallest absolute Gasteiger partial charge is 0.340 e. The first-order chi connectivity index (χ1) is 12.4. The van der Waals surface area contributed by atoms with E-state index in [1.54, 1.807) is 43.5 Å². The number of ether oxygens (including phenoxy) is 1. The van der Waals surface area contributed by atoms with Crippen LogP contribution in [0.3, 0.4) is 0 Å². The van der Waals surface area contributed by atoms with E-state index in [0.717, 1.165) is 0 Å². The number of aromatic nitrogens is 1. The molecule has 134 valence electrons. The lowest BCUT2D eigenvalue weighted by Crippen LogP contribution is -2.08. The van der Waals surface area contributed by atoms with Crippen molar-refractivity contribution >= 4 is 22.6 Å². The number of phenols is 1. The first kappa shape index (κ1) is 17.5. The van der Waals surface area contributed by atoms with Crippen molar-refractivity contribution in [3.8, 4) is 11.4 Å². The van der Waals surface area contributed by atoms with Crippen LogP contribution in [0.5, 0.6) is 5.75 Å². The number of benzene rings is 2. The summed E-state index contributed by atoms with van der Waals surface area (Å²) in [6, 6.07) is 9.41. The molecule has 0 amide bonds. The zero-order chi connectivity index (χ0) is 19.0. The van der Waals surface area contributed by atoms with Gasteiger partial charge in [-0.15, -0.1) is 0 Å². The van der Waals surface area contributed by atoms with Crippen molar-refractivity contribution in [1.82, 2.24) is 4.57 Å². The molecule has 1 aromatic heterocycles. The number of para-hydroxylation sites is 1.